The smallest absolute Gasteiger partial charge is 0.226 e. The first-order chi connectivity index (χ1) is 11.6. The highest BCUT2D eigenvalue weighted by Crippen LogP contribution is 2.33. The summed E-state index contributed by atoms with van der Waals surface area (Å²) in [7, 11) is 0. The maximum Gasteiger partial charge on any atom is 0.226 e. The number of amides is 2. The van der Waals surface area contributed by atoms with Crippen LogP contribution in [0.5, 0.6) is 0 Å². The Labute approximate surface area is 142 Å². The lowest BCUT2D eigenvalue weighted by Gasteiger charge is -2.30. The number of nitrogens with two attached hydrogens (primary N) is 1. The maximum atomic E-state index is 12.9. The summed E-state index contributed by atoms with van der Waals surface area (Å²) in [6.45, 7) is 2.15. The minimum Gasteiger partial charge on any atom is -0.381 e. The van der Waals surface area contributed by atoms with Crippen LogP contribution < -0.4 is 5.73 Å². The van der Waals surface area contributed by atoms with Crippen LogP contribution in [0.4, 0.5) is 0 Å². The summed E-state index contributed by atoms with van der Waals surface area (Å²) in [5.74, 6) is 0.00178. The fourth-order valence-electron chi connectivity index (χ4n) is 3.59. The third kappa shape index (κ3) is 3.93. The van der Waals surface area contributed by atoms with Crippen LogP contribution in [0.15, 0.2) is 18.2 Å². The molecule has 0 spiro atoms. The van der Waals surface area contributed by atoms with Gasteiger partial charge in [-0.15, -0.1) is 0 Å². The van der Waals surface area contributed by atoms with Crippen LogP contribution in [0.2, 0.25) is 0 Å². The zero-order valence-electron chi connectivity index (χ0n) is 13.9. The van der Waals surface area contributed by atoms with Crippen molar-refractivity contribution in [1.29, 1.82) is 0 Å². The second-order valence-electron chi connectivity index (χ2n) is 6.60. The first-order valence-corrected chi connectivity index (χ1v) is 8.77. The van der Waals surface area contributed by atoms with E-state index in [2.05, 4.69) is 4.98 Å². The lowest BCUT2D eigenvalue weighted by atomic mass is 9.98. The van der Waals surface area contributed by atoms with Gasteiger partial charge in [-0.05, 0) is 44.2 Å². The van der Waals surface area contributed by atoms with E-state index < -0.39 is 0 Å². The Hall–Kier alpha value is -1.95. The molecule has 0 bridgehead atoms. The highest BCUT2D eigenvalue weighted by molar-refractivity contribution is 5.79. The third-order valence-corrected chi connectivity index (χ3v) is 4.90. The zero-order valence-corrected chi connectivity index (χ0v) is 13.9. The molecule has 0 aliphatic carbocycles. The van der Waals surface area contributed by atoms with E-state index >= 15 is 0 Å². The third-order valence-electron chi connectivity index (χ3n) is 4.90. The van der Waals surface area contributed by atoms with Crippen LogP contribution in [0.1, 0.15) is 49.5 Å². The van der Waals surface area contributed by atoms with Gasteiger partial charge in [0.2, 0.25) is 11.8 Å². The van der Waals surface area contributed by atoms with Gasteiger partial charge in [-0.3, -0.25) is 14.6 Å². The highest BCUT2D eigenvalue weighted by atomic mass is 16.5. The van der Waals surface area contributed by atoms with Crippen molar-refractivity contribution >= 4 is 11.8 Å². The zero-order chi connectivity index (χ0) is 16.9. The molecule has 2 amide bonds. The number of primary amides is 1. The molecule has 2 fully saturated rings. The van der Waals surface area contributed by atoms with Gasteiger partial charge in [0.1, 0.15) is 0 Å². The van der Waals surface area contributed by atoms with Gasteiger partial charge in [0.25, 0.3) is 0 Å². The average molecular weight is 331 g/mol. The molecule has 0 aromatic carbocycles. The van der Waals surface area contributed by atoms with Crippen LogP contribution in [-0.4, -0.2) is 41.5 Å². The van der Waals surface area contributed by atoms with Crippen LogP contribution in [0, 0.1) is 5.92 Å². The van der Waals surface area contributed by atoms with Gasteiger partial charge in [0.15, 0.2) is 0 Å². The monoisotopic (exact) mass is 331 g/mol. The van der Waals surface area contributed by atoms with Crippen molar-refractivity contribution in [2.75, 3.05) is 19.8 Å². The van der Waals surface area contributed by atoms with Gasteiger partial charge in [0.05, 0.1) is 11.7 Å². The normalized spacial score (nSPS) is 21.8. The van der Waals surface area contributed by atoms with E-state index in [1.54, 1.807) is 0 Å². The molecule has 1 aromatic rings. The van der Waals surface area contributed by atoms with Crippen LogP contribution >= 0.6 is 0 Å². The number of nitrogens with zero attached hydrogens (tertiary/aromatic N) is 2. The van der Waals surface area contributed by atoms with E-state index in [4.69, 9.17) is 10.5 Å². The topological polar surface area (TPSA) is 85.5 Å². The van der Waals surface area contributed by atoms with Crippen molar-refractivity contribution in [3.8, 4) is 0 Å². The quantitative estimate of drug-likeness (QED) is 0.888. The second kappa shape index (κ2) is 7.75. The Morgan fingerprint density at radius 1 is 1.25 bits per heavy atom. The Bertz CT molecular complexity index is 599. The summed E-state index contributed by atoms with van der Waals surface area (Å²) in [5.41, 5.74) is 7.00. The second-order valence-corrected chi connectivity index (χ2v) is 6.60. The van der Waals surface area contributed by atoms with Gasteiger partial charge >= 0.3 is 0 Å². The van der Waals surface area contributed by atoms with Crippen molar-refractivity contribution in [2.24, 2.45) is 11.7 Å². The van der Waals surface area contributed by atoms with Crippen LogP contribution in [0.3, 0.4) is 0 Å². The number of likely N-dealkylation sites (tertiary alicyclic amines) is 1. The summed E-state index contributed by atoms with van der Waals surface area (Å²) >= 11 is 0. The number of aryl methyl sites for hydroxylation is 1. The Morgan fingerprint density at radius 3 is 2.79 bits per heavy atom. The number of rotatable bonds is 5. The average Bonchev–Trinajstić information content (AvgIpc) is 3.10. The highest BCUT2D eigenvalue weighted by Gasteiger charge is 2.35. The molecule has 3 rings (SSSR count). The summed E-state index contributed by atoms with van der Waals surface area (Å²) < 4.78 is 5.37. The van der Waals surface area contributed by atoms with Crippen LogP contribution in [-0.2, 0) is 20.7 Å². The largest absolute Gasteiger partial charge is 0.381 e. The minimum atomic E-state index is -0.320. The Balaban J connectivity index is 1.71. The molecule has 2 saturated heterocycles. The van der Waals surface area contributed by atoms with E-state index in [-0.39, 0.29) is 23.8 Å². The molecule has 0 saturated carbocycles. The van der Waals surface area contributed by atoms with Crippen molar-refractivity contribution in [3.63, 3.8) is 0 Å². The van der Waals surface area contributed by atoms with Gasteiger partial charge in [-0.1, -0.05) is 6.07 Å². The standard InChI is InChI=1S/C18H25N3O3/c19-17(22)7-6-14-3-1-4-15(20-14)16-5-2-10-21(16)18(23)13-8-11-24-12-9-13/h1,3-4,13,16H,2,5-12H2,(H2,19,22). The molecule has 2 N–H and O–H groups in total. The lowest BCUT2D eigenvalue weighted by Crippen LogP contribution is -2.38. The molecule has 6 nitrogen and oxygen atoms in total. The van der Waals surface area contributed by atoms with E-state index in [0.29, 0.717) is 26.1 Å². The number of pyridine rings is 1. The molecule has 1 unspecified atom stereocenters. The molecule has 1 aromatic heterocycles. The molecule has 3 heterocycles. The van der Waals surface area contributed by atoms with Gasteiger partial charge in [0, 0.05) is 37.8 Å². The van der Waals surface area contributed by atoms with Crippen molar-refractivity contribution < 1.29 is 14.3 Å². The SMILES string of the molecule is NC(=O)CCc1cccc(C2CCCN2C(=O)C2CCOCC2)n1. The number of hydrogen-bond acceptors (Lipinski definition) is 4. The number of hydrogen-bond donors (Lipinski definition) is 1. The number of ether oxygens (including phenoxy) is 1. The first-order valence-electron chi connectivity index (χ1n) is 8.77. The summed E-state index contributed by atoms with van der Waals surface area (Å²) in [5, 5.41) is 0. The Kier molecular flexibility index (Phi) is 5.45. The summed E-state index contributed by atoms with van der Waals surface area (Å²) in [6, 6.07) is 5.89. The van der Waals surface area contributed by atoms with Crippen LogP contribution in [0.25, 0.3) is 0 Å². The lowest BCUT2D eigenvalue weighted by molar-refractivity contribution is -0.139. The number of aromatic nitrogens is 1. The molecule has 0 radical (unpaired) electrons. The first kappa shape index (κ1) is 16.9. The fourth-order valence-corrected chi connectivity index (χ4v) is 3.59. The fraction of sp³-hybridized carbons (Fsp3) is 0.611. The number of carbonyl (C=O) groups is 2. The van der Waals surface area contributed by atoms with E-state index in [9.17, 15) is 9.59 Å². The molecular formula is C18H25N3O3. The van der Waals surface area contributed by atoms with Crippen molar-refractivity contribution in [2.45, 2.75) is 44.6 Å². The number of carbonyl (C=O) groups excluding carboxylic acids is 2. The molecule has 24 heavy (non-hydrogen) atoms. The predicted octanol–water partition coefficient (Wildman–Crippen LogP) is 1.59. The van der Waals surface area contributed by atoms with E-state index in [0.717, 1.165) is 43.6 Å². The molecular weight excluding hydrogens is 306 g/mol. The van der Waals surface area contributed by atoms with E-state index in [1.807, 2.05) is 23.1 Å². The van der Waals surface area contributed by atoms with Gasteiger partial charge in [-0.2, -0.15) is 0 Å². The summed E-state index contributed by atoms with van der Waals surface area (Å²) in [4.78, 5) is 30.5. The molecule has 6 heteroatoms. The minimum absolute atomic E-state index is 0.0499. The Morgan fingerprint density at radius 2 is 2.04 bits per heavy atom. The van der Waals surface area contributed by atoms with Gasteiger partial charge in [-0.25, -0.2) is 0 Å². The maximum absolute atomic E-state index is 12.9. The van der Waals surface area contributed by atoms with Crippen molar-refractivity contribution in [1.82, 2.24) is 9.88 Å². The van der Waals surface area contributed by atoms with Crippen molar-refractivity contribution in [3.05, 3.63) is 29.6 Å². The molecule has 1 atom stereocenters. The van der Waals surface area contributed by atoms with Gasteiger partial charge < -0.3 is 15.4 Å². The molecule has 2 aliphatic heterocycles. The molecule has 130 valence electrons. The predicted molar refractivity (Wildman–Crippen MR) is 89.0 cm³/mol. The van der Waals surface area contributed by atoms with E-state index in [1.165, 1.54) is 0 Å². The molecule has 2 aliphatic rings. The summed E-state index contributed by atoms with van der Waals surface area (Å²) in [6.07, 6.45) is 4.42.